The third-order valence-electron chi connectivity index (χ3n) is 3.51. The predicted molar refractivity (Wildman–Crippen MR) is 78.4 cm³/mol. The minimum atomic E-state index is -0.220. The molecule has 1 aromatic rings. The van der Waals surface area contributed by atoms with Crippen LogP contribution in [0.5, 0.6) is 0 Å². The Morgan fingerprint density at radius 2 is 2.00 bits per heavy atom. The molecule has 19 heavy (non-hydrogen) atoms. The fourth-order valence-electron chi connectivity index (χ4n) is 2.65. The van der Waals surface area contributed by atoms with Crippen LogP contribution in [0.1, 0.15) is 37.8 Å². The zero-order chi connectivity index (χ0) is 14.0. The Hall–Kier alpha value is -0.770. The third-order valence-corrected chi connectivity index (χ3v) is 4.17. The Bertz CT molecular complexity index is 458. The maximum absolute atomic E-state index is 12.1. The summed E-state index contributed by atoms with van der Waals surface area (Å²) in [5.74, 6) is 0.129. The standard InChI is InChI=1S/C14H18Cl2N2O/c1-2-8-18-12(19)7-6-11(17)14(18)13-9(15)4-3-5-10(13)16/h3-5,11,14H,2,6-8,17H2,1H3. The number of nitrogens with two attached hydrogens (primary N) is 1. The Morgan fingerprint density at radius 1 is 1.37 bits per heavy atom. The topological polar surface area (TPSA) is 46.3 Å². The molecular weight excluding hydrogens is 283 g/mol. The highest BCUT2D eigenvalue weighted by Gasteiger charge is 2.36. The highest BCUT2D eigenvalue weighted by Crippen LogP contribution is 2.38. The van der Waals surface area contributed by atoms with Gasteiger partial charge in [0.1, 0.15) is 0 Å². The van der Waals surface area contributed by atoms with Crippen molar-refractivity contribution >= 4 is 29.1 Å². The van der Waals surface area contributed by atoms with Gasteiger partial charge in [0.2, 0.25) is 5.91 Å². The first kappa shape index (κ1) is 14.6. The molecule has 0 saturated carbocycles. The Balaban J connectivity index is 2.45. The van der Waals surface area contributed by atoms with E-state index in [1.165, 1.54) is 0 Å². The van der Waals surface area contributed by atoms with Gasteiger partial charge in [-0.15, -0.1) is 0 Å². The van der Waals surface area contributed by atoms with Crippen molar-refractivity contribution in [2.24, 2.45) is 5.73 Å². The number of likely N-dealkylation sites (tertiary alicyclic amines) is 1. The SMILES string of the molecule is CCCN1C(=O)CCC(N)C1c1c(Cl)cccc1Cl. The first-order chi connectivity index (χ1) is 9.06. The zero-order valence-corrected chi connectivity index (χ0v) is 12.4. The Labute approximate surface area is 123 Å². The summed E-state index contributed by atoms with van der Waals surface area (Å²) in [5, 5.41) is 1.15. The summed E-state index contributed by atoms with van der Waals surface area (Å²) in [5.41, 5.74) is 7.00. The van der Waals surface area contributed by atoms with E-state index in [1.807, 2.05) is 11.8 Å². The summed E-state index contributed by atoms with van der Waals surface area (Å²) < 4.78 is 0. The molecule has 2 rings (SSSR count). The molecular formula is C14H18Cl2N2O. The van der Waals surface area contributed by atoms with E-state index in [9.17, 15) is 4.79 Å². The fraction of sp³-hybridized carbons (Fsp3) is 0.500. The molecule has 5 heteroatoms. The van der Waals surface area contributed by atoms with Gasteiger partial charge in [-0.1, -0.05) is 36.2 Å². The monoisotopic (exact) mass is 300 g/mol. The number of piperidine rings is 1. The van der Waals surface area contributed by atoms with Gasteiger partial charge in [-0.05, 0) is 25.0 Å². The molecule has 1 saturated heterocycles. The molecule has 0 aliphatic carbocycles. The maximum atomic E-state index is 12.1. The summed E-state index contributed by atoms with van der Waals surface area (Å²) in [6.45, 7) is 2.72. The zero-order valence-electron chi connectivity index (χ0n) is 10.9. The second kappa shape index (κ2) is 6.12. The van der Waals surface area contributed by atoms with E-state index in [0.717, 1.165) is 12.0 Å². The van der Waals surface area contributed by atoms with Crippen molar-refractivity contribution < 1.29 is 4.79 Å². The molecule has 1 aliphatic heterocycles. The summed E-state index contributed by atoms with van der Waals surface area (Å²) in [4.78, 5) is 13.9. The van der Waals surface area contributed by atoms with E-state index in [2.05, 4.69) is 0 Å². The highest BCUT2D eigenvalue weighted by molar-refractivity contribution is 6.36. The van der Waals surface area contributed by atoms with E-state index < -0.39 is 0 Å². The van der Waals surface area contributed by atoms with Crippen LogP contribution in [0.15, 0.2) is 18.2 Å². The second-order valence-corrected chi connectivity index (χ2v) is 5.68. The van der Waals surface area contributed by atoms with Crippen molar-refractivity contribution in [3.63, 3.8) is 0 Å². The molecule has 0 spiro atoms. The summed E-state index contributed by atoms with van der Waals surface area (Å²) in [7, 11) is 0. The van der Waals surface area contributed by atoms with Crippen molar-refractivity contribution in [2.75, 3.05) is 6.54 Å². The van der Waals surface area contributed by atoms with Gasteiger partial charge in [-0.2, -0.15) is 0 Å². The first-order valence-electron chi connectivity index (χ1n) is 6.55. The lowest BCUT2D eigenvalue weighted by atomic mass is 9.90. The number of carbonyl (C=O) groups excluding carboxylic acids is 1. The lowest BCUT2D eigenvalue weighted by Crippen LogP contribution is -2.49. The predicted octanol–water partition coefficient (Wildman–Crippen LogP) is 3.39. The van der Waals surface area contributed by atoms with E-state index in [1.54, 1.807) is 18.2 Å². The average molecular weight is 301 g/mol. The minimum absolute atomic E-state index is 0.123. The van der Waals surface area contributed by atoms with Crippen LogP contribution in [-0.2, 0) is 4.79 Å². The maximum Gasteiger partial charge on any atom is 0.223 e. The molecule has 2 N–H and O–H groups in total. The average Bonchev–Trinajstić information content (AvgIpc) is 2.37. The van der Waals surface area contributed by atoms with Crippen LogP contribution >= 0.6 is 23.2 Å². The van der Waals surface area contributed by atoms with Crippen molar-refractivity contribution in [2.45, 2.75) is 38.3 Å². The van der Waals surface area contributed by atoms with Crippen molar-refractivity contribution in [3.8, 4) is 0 Å². The van der Waals surface area contributed by atoms with Crippen molar-refractivity contribution in [3.05, 3.63) is 33.8 Å². The van der Waals surface area contributed by atoms with Crippen LogP contribution in [0.2, 0.25) is 10.0 Å². The molecule has 2 unspecified atom stereocenters. The van der Waals surface area contributed by atoms with E-state index >= 15 is 0 Å². The molecule has 104 valence electrons. The van der Waals surface area contributed by atoms with Gasteiger partial charge >= 0.3 is 0 Å². The number of nitrogens with zero attached hydrogens (tertiary/aromatic N) is 1. The molecule has 1 fully saturated rings. The number of carbonyl (C=O) groups is 1. The molecule has 1 aromatic carbocycles. The van der Waals surface area contributed by atoms with Gasteiger partial charge in [0.25, 0.3) is 0 Å². The number of amides is 1. The second-order valence-electron chi connectivity index (χ2n) is 4.87. The molecule has 1 heterocycles. The summed E-state index contributed by atoms with van der Waals surface area (Å²) in [6, 6.07) is 5.04. The molecule has 1 aliphatic rings. The lowest BCUT2D eigenvalue weighted by molar-refractivity contribution is -0.137. The Morgan fingerprint density at radius 3 is 2.58 bits per heavy atom. The van der Waals surface area contributed by atoms with E-state index in [-0.39, 0.29) is 18.0 Å². The van der Waals surface area contributed by atoms with Crippen LogP contribution in [0.4, 0.5) is 0 Å². The number of rotatable bonds is 3. The van der Waals surface area contributed by atoms with Gasteiger partial charge in [0, 0.05) is 34.6 Å². The Kier molecular flexibility index (Phi) is 4.71. The van der Waals surface area contributed by atoms with Crippen molar-refractivity contribution in [1.29, 1.82) is 0 Å². The molecule has 0 aromatic heterocycles. The quantitative estimate of drug-likeness (QED) is 0.930. The van der Waals surface area contributed by atoms with Gasteiger partial charge in [-0.25, -0.2) is 0 Å². The minimum Gasteiger partial charge on any atom is -0.334 e. The molecule has 0 radical (unpaired) electrons. The first-order valence-corrected chi connectivity index (χ1v) is 7.30. The smallest absolute Gasteiger partial charge is 0.223 e. The number of benzene rings is 1. The van der Waals surface area contributed by atoms with E-state index in [4.69, 9.17) is 28.9 Å². The van der Waals surface area contributed by atoms with Gasteiger partial charge < -0.3 is 10.6 Å². The lowest BCUT2D eigenvalue weighted by Gasteiger charge is -2.40. The highest BCUT2D eigenvalue weighted by atomic mass is 35.5. The normalized spacial score (nSPS) is 23.8. The van der Waals surface area contributed by atoms with E-state index in [0.29, 0.717) is 29.4 Å². The fourth-order valence-corrected chi connectivity index (χ4v) is 3.27. The summed E-state index contributed by atoms with van der Waals surface area (Å²) >= 11 is 12.5. The molecule has 1 amide bonds. The van der Waals surface area contributed by atoms with Gasteiger partial charge in [-0.3, -0.25) is 4.79 Å². The van der Waals surface area contributed by atoms with Crippen LogP contribution in [0.3, 0.4) is 0 Å². The number of hydrogen-bond donors (Lipinski definition) is 1. The van der Waals surface area contributed by atoms with Crippen molar-refractivity contribution in [1.82, 2.24) is 4.90 Å². The largest absolute Gasteiger partial charge is 0.334 e. The molecule has 0 bridgehead atoms. The number of hydrogen-bond acceptors (Lipinski definition) is 2. The molecule has 2 atom stereocenters. The van der Waals surface area contributed by atoms with Crippen LogP contribution in [-0.4, -0.2) is 23.4 Å². The number of halogens is 2. The third kappa shape index (κ3) is 2.88. The van der Waals surface area contributed by atoms with Crippen LogP contribution < -0.4 is 5.73 Å². The molecule has 3 nitrogen and oxygen atoms in total. The van der Waals surface area contributed by atoms with Gasteiger partial charge in [0.05, 0.1) is 6.04 Å². The van der Waals surface area contributed by atoms with Crippen LogP contribution in [0.25, 0.3) is 0 Å². The van der Waals surface area contributed by atoms with Crippen LogP contribution in [0, 0.1) is 0 Å². The van der Waals surface area contributed by atoms with Gasteiger partial charge in [0.15, 0.2) is 0 Å². The summed E-state index contributed by atoms with van der Waals surface area (Å²) in [6.07, 6.45) is 2.06.